The van der Waals surface area contributed by atoms with Crippen molar-refractivity contribution in [3.8, 4) is 0 Å². The summed E-state index contributed by atoms with van der Waals surface area (Å²) in [5, 5.41) is -0.988. The summed E-state index contributed by atoms with van der Waals surface area (Å²) in [6, 6.07) is 0. The van der Waals surface area contributed by atoms with Gasteiger partial charge in [0.15, 0.2) is 13.2 Å². The van der Waals surface area contributed by atoms with Gasteiger partial charge in [-0.15, -0.1) is 23.5 Å². The van der Waals surface area contributed by atoms with E-state index in [1.54, 1.807) is 13.8 Å². The molecule has 0 spiro atoms. The molecule has 10 heteroatoms. The molecule has 2 unspecified atom stereocenters. The highest BCUT2D eigenvalue weighted by Gasteiger charge is 2.42. The van der Waals surface area contributed by atoms with Crippen molar-refractivity contribution in [1.82, 2.24) is 0 Å². The Morgan fingerprint density at radius 1 is 0.531 bits per heavy atom. The summed E-state index contributed by atoms with van der Waals surface area (Å²) < 4.78 is 21.6. The molecular formula is C39H68O8S2. The van der Waals surface area contributed by atoms with Crippen LogP contribution < -0.4 is 0 Å². The Bertz CT molecular complexity index is 837. The average Bonchev–Trinajstić information content (AvgIpc) is 3.10. The minimum Gasteiger partial charge on any atom is -0.456 e. The van der Waals surface area contributed by atoms with E-state index in [9.17, 15) is 19.2 Å². The van der Waals surface area contributed by atoms with Crippen LogP contribution in [0.5, 0.6) is 0 Å². The molecule has 0 bridgehead atoms. The fourth-order valence-corrected chi connectivity index (χ4v) is 6.92. The predicted molar refractivity (Wildman–Crippen MR) is 205 cm³/mol. The zero-order chi connectivity index (χ0) is 36.6. The summed E-state index contributed by atoms with van der Waals surface area (Å²) >= 11 is 2.96. The van der Waals surface area contributed by atoms with Gasteiger partial charge in [0.1, 0.15) is 0 Å². The second-order valence-electron chi connectivity index (χ2n) is 12.8. The van der Waals surface area contributed by atoms with Gasteiger partial charge in [-0.1, -0.05) is 143 Å². The minimum absolute atomic E-state index is 0.494. The molecule has 0 aromatic carbocycles. The maximum absolute atomic E-state index is 12.9. The second-order valence-corrected chi connectivity index (χ2v) is 15.7. The van der Waals surface area contributed by atoms with Crippen molar-refractivity contribution in [1.29, 1.82) is 0 Å². The van der Waals surface area contributed by atoms with Crippen LogP contribution in [0, 0.1) is 0 Å². The number of carbonyl (C=O) groups is 4. The number of carbonyl (C=O) groups excluding carboxylic acids is 4. The zero-order valence-corrected chi connectivity index (χ0v) is 32.9. The first-order valence-electron chi connectivity index (χ1n) is 18.9. The van der Waals surface area contributed by atoms with Gasteiger partial charge in [0.05, 0.1) is 10.5 Å². The lowest BCUT2D eigenvalue weighted by Crippen LogP contribution is -2.49. The Kier molecular flexibility index (Phi) is 30.7. The van der Waals surface area contributed by atoms with E-state index in [2.05, 4.69) is 27.0 Å². The van der Waals surface area contributed by atoms with Crippen molar-refractivity contribution in [3.63, 3.8) is 0 Å². The topological polar surface area (TPSA) is 105 Å². The van der Waals surface area contributed by atoms with Crippen LogP contribution in [-0.2, 0) is 38.1 Å². The van der Waals surface area contributed by atoms with E-state index in [4.69, 9.17) is 18.9 Å². The van der Waals surface area contributed by atoms with Crippen LogP contribution in [0.15, 0.2) is 25.3 Å². The molecule has 0 amide bonds. The first-order chi connectivity index (χ1) is 23.6. The Labute approximate surface area is 307 Å². The molecule has 0 rings (SSSR count). The molecule has 0 heterocycles. The van der Waals surface area contributed by atoms with Gasteiger partial charge in [-0.2, -0.15) is 0 Å². The smallest absolute Gasteiger partial charge is 0.333 e. The summed E-state index contributed by atoms with van der Waals surface area (Å²) in [7, 11) is 0. The molecule has 0 aliphatic heterocycles. The summed E-state index contributed by atoms with van der Waals surface area (Å²) in [6.07, 6.45) is 26.5. The zero-order valence-electron chi connectivity index (χ0n) is 31.3. The van der Waals surface area contributed by atoms with Gasteiger partial charge in [0.25, 0.3) is 0 Å². The molecule has 0 aromatic heterocycles. The molecule has 0 fully saturated rings. The van der Waals surface area contributed by atoms with E-state index >= 15 is 0 Å². The molecular weight excluding hydrogens is 661 g/mol. The molecule has 0 aliphatic carbocycles. The Morgan fingerprint density at radius 3 is 1.10 bits per heavy atom. The van der Waals surface area contributed by atoms with E-state index in [-0.39, 0.29) is 0 Å². The molecule has 0 aromatic rings. The maximum Gasteiger partial charge on any atom is 0.333 e. The monoisotopic (exact) mass is 728 g/mol. The van der Waals surface area contributed by atoms with Crippen molar-refractivity contribution in [2.45, 2.75) is 172 Å². The maximum atomic E-state index is 12.9. The third kappa shape index (κ3) is 26.5. The van der Waals surface area contributed by atoms with E-state index in [0.29, 0.717) is 0 Å². The molecule has 0 radical (unpaired) electrons. The van der Waals surface area contributed by atoms with Gasteiger partial charge in [0, 0.05) is 12.2 Å². The molecule has 49 heavy (non-hydrogen) atoms. The lowest BCUT2D eigenvalue weighted by molar-refractivity contribution is -0.253. The molecule has 0 saturated carbocycles. The SMILES string of the molecule is C=CC(=O)OC(COC(=O)C(C)SCCCCCCCCCCCC)(COC(=O)C(C)SCCCCCCCCCCCC)OC(=O)C=C. The van der Waals surface area contributed by atoms with Gasteiger partial charge < -0.3 is 18.9 Å². The lowest BCUT2D eigenvalue weighted by atomic mass is 10.1. The summed E-state index contributed by atoms with van der Waals surface area (Å²) in [5.41, 5.74) is 0. The van der Waals surface area contributed by atoms with Crippen LogP contribution in [0.4, 0.5) is 0 Å². The van der Waals surface area contributed by atoms with E-state index in [1.165, 1.54) is 126 Å². The van der Waals surface area contributed by atoms with Crippen molar-refractivity contribution in [3.05, 3.63) is 25.3 Å². The first kappa shape index (κ1) is 47.1. The third-order valence-corrected chi connectivity index (χ3v) is 10.6. The second kappa shape index (κ2) is 32.0. The van der Waals surface area contributed by atoms with Crippen LogP contribution in [0.2, 0.25) is 0 Å². The van der Waals surface area contributed by atoms with Crippen LogP contribution in [0.3, 0.4) is 0 Å². The van der Waals surface area contributed by atoms with E-state index in [1.807, 2.05) is 0 Å². The molecule has 8 nitrogen and oxygen atoms in total. The normalized spacial score (nSPS) is 12.5. The van der Waals surface area contributed by atoms with E-state index < -0.39 is 53.4 Å². The number of rotatable bonds is 34. The third-order valence-electron chi connectivity index (χ3n) is 8.17. The predicted octanol–water partition coefficient (Wildman–Crippen LogP) is 10.3. The highest BCUT2D eigenvalue weighted by atomic mass is 32.2. The Morgan fingerprint density at radius 2 is 0.816 bits per heavy atom. The summed E-state index contributed by atoms with van der Waals surface area (Å²) in [6.45, 7) is 13.4. The minimum atomic E-state index is -2.19. The highest BCUT2D eigenvalue weighted by molar-refractivity contribution is 8.00. The van der Waals surface area contributed by atoms with Gasteiger partial charge in [-0.25, -0.2) is 9.59 Å². The summed E-state index contributed by atoms with van der Waals surface area (Å²) in [4.78, 5) is 50.3. The molecule has 2 atom stereocenters. The van der Waals surface area contributed by atoms with Gasteiger partial charge in [-0.3, -0.25) is 9.59 Å². The quantitative estimate of drug-likeness (QED) is 0.0209. The Balaban J connectivity index is 4.79. The van der Waals surface area contributed by atoms with E-state index in [0.717, 1.165) is 49.3 Å². The number of esters is 4. The first-order valence-corrected chi connectivity index (χ1v) is 21.0. The van der Waals surface area contributed by atoms with Gasteiger partial charge in [0.2, 0.25) is 0 Å². The fraction of sp³-hybridized carbons (Fsp3) is 0.795. The fourth-order valence-electron chi connectivity index (χ4n) is 5.06. The molecule has 0 saturated heterocycles. The van der Waals surface area contributed by atoms with Crippen molar-refractivity contribution in [2.75, 3.05) is 24.7 Å². The number of hydrogen-bond acceptors (Lipinski definition) is 10. The standard InChI is InChI=1S/C39H68O8S2/c1-7-11-13-15-17-19-21-23-25-27-29-48-33(5)37(42)44-31-39(46-35(40)9-3,47-36(41)10-4)32-45-38(43)34(6)49-30-28-26-24-22-20-18-16-14-12-8-2/h9-10,33-34H,3-4,7-8,11-32H2,1-2,5-6H3. The van der Waals surface area contributed by atoms with Crippen molar-refractivity contribution in [2.24, 2.45) is 0 Å². The van der Waals surface area contributed by atoms with Crippen LogP contribution in [0.25, 0.3) is 0 Å². The number of hydrogen-bond donors (Lipinski definition) is 0. The van der Waals surface area contributed by atoms with Crippen LogP contribution in [-0.4, -0.2) is 64.9 Å². The number of ether oxygens (including phenoxy) is 4. The van der Waals surface area contributed by atoms with Gasteiger partial charge >= 0.3 is 29.7 Å². The molecule has 0 aliphatic rings. The molecule has 284 valence electrons. The lowest BCUT2D eigenvalue weighted by Gasteiger charge is -2.31. The largest absolute Gasteiger partial charge is 0.456 e. The average molecular weight is 729 g/mol. The van der Waals surface area contributed by atoms with Crippen molar-refractivity contribution < 1.29 is 38.1 Å². The van der Waals surface area contributed by atoms with Crippen LogP contribution >= 0.6 is 23.5 Å². The van der Waals surface area contributed by atoms with Gasteiger partial charge in [-0.05, 0) is 38.2 Å². The molecule has 0 N–H and O–H groups in total. The Hall–Kier alpha value is -1.94. The number of thioether (sulfide) groups is 2. The summed E-state index contributed by atoms with van der Waals surface area (Å²) in [5.74, 6) is -3.56. The van der Waals surface area contributed by atoms with Crippen molar-refractivity contribution >= 4 is 47.4 Å². The number of unbranched alkanes of at least 4 members (excludes halogenated alkanes) is 18. The highest BCUT2D eigenvalue weighted by Crippen LogP contribution is 2.23. The van der Waals surface area contributed by atoms with Crippen LogP contribution in [0.1, 0.15) is 156 Å².